The van der Waals surface area contributed by atoms with Crippen molar-refractivity contribution in [2.45, 2.75) is 46.1 Å². The van der Waals surface area contributed by atoms with Crippen LogP contribution in [0, 0.1) is 18.8 Å². The average Bonchev–Trinajstić information content (AvgIpc) is 2.32. The van der Waals surface area contributed by atoms with Crippen LogP contribution in [-0.2, 0) is 9.53 Å². The molecule has 0 radical (unpaired) electrons. The van der Waals surface area contributed by atoms with Gasteiger partial charge in [-0.1, -0.05) is 31.3 Å². The molecule has 0 bridgehead atoms. The van der Waals surface area contributed by atoms with Crippen molar-refractivity contribution in [3.63, 3.8) is 0 Å². The maximum atomic E-state index is 11.1. The number of aromatic nitrogens is 1. The maximum absolute atomic E-state index is 11.1. The second-order valence-corrected chi connectivity index (χ2v) is 4.12. The van der Waals surface area contributed by atoms with Crippen molar-refractivity contribution in [1.29, 1.82) is 0 Å². The van der Waals surface area contributed by atoms with E-state index < -0.39 is 6.10 Å². The normalized spacial score (nSPS) is 11.3. The van der Waals surface area contributed by atoms with E-state index in [-0.39, 0.29) is 5.97 Å². The average molecular weight is 245 g/mol. The molecule has 0 amide bonds. The number of hydrogen-bond acceptors (Lipinski definition) is 3. The van der Waals surface area contributed by atoms with Crippen LogP contribution in [0.3, 0.4) is 0 Å². The molecule has 3 heteroatoms. The predicted octanol–water partition coefficient (Wildman–Crippen LogP) is 3.19. The van der Waals surface area contributed by atoms with Gasteiger partial charge in [-0.25, -0.2) is 0 Å². The monoisotopic (exact) mass is 245 g/mol. The van der Waals surface area contributed by atoms with Gasteiger partial charge in [0.2, 0.25) is 6.10 Å². The van der Waals surface area contributed by atoms with E-state index in [4.69, 9.17) is 4.74 Å². The summed E-state index contributed by atoms with van der Waals surface area (Å²) in [5.41, 5.74) is 1.58. The van der Waals surface area contributed by atoms with Crippen molar-refractivity contribution in [3.05, 3.63) is 29.6 Å². The second-order valence-electron chi connectivity index (χ2n) is 4.12. The van der Waals surface area contributed by atoms with Crippen LogP contribution < -0.4 is 0 Å². The van der Waals surface area contributed by atoms with Crippen LogP contribution in [0.2, 0.25) is 0 Å². The van der Waals surface area contributed by atoms with Crippen LogP contribution in [0.4, 0.5) is 0 Å². The summed E-state index contributed by atoms with van der Waals surface area (Å²) < 4.78 is 5.20. The van der Waals surface area contributed by atoms with Gasteiger partial charge in [0, 0.05) is 19.0 Å². The molecule has 1 atom stereocenters. The van der Waals surface area contributed by atoms with Gasteiger partial charge in [-0.15, -0.1) is 0 Å². The van der Waals surface area contributed by atoms with E-state index in [2.05, 4.69) is 23.7 Å². The third-order valence-corrected chi connectivity index (χ3v) is 2.35. The predicted molar refractivity (Wildman–Crippen MR) is 70.8 cm³/mol. The van der Waals surface area contributed by atoms with Gasteiger partial charge in [0.25, 0.3) is 0 Å². The number of carbonyl (C=O) groups is 1. The van der Waals surface area contributed by atoms with Crippen LogP contribution in [0.15, 0.2) is 18.2 Å². The smallest absolute Gasteiger partial charge is 0.304 e. The Bertz CT molecular complexity index is 457. The highest BCUT2D eigenvalue weighted by Gasteiger charge is 2.12. The summed E-state index contributed by atoms with van der Waals surface area (Å²) in [7, 11) is 0. The quantitative estimate of drug-likeness (QED) is 0.464. The molecule has 0 aliphatic carbocycles. The molecule has 0 aromatic carbocycles. The molecule has 96 valence electrons. The Labute approximate surface area is 109 Å². The van der Waals surface area contributed by atoms with Crippen molar-refractivity contribution < 1.29 is 9.53 Å². The number of rotatable bonds is 4. The zero-order valence-corrected chi connectivity index (χ0v) is 11.2. The van der Waals surface area contributed by atoms with E-state index in [1.165, 1.54) is 6.92 Å². The van der Waals surface area contributed by atoms with E-state index in [1.54, 1.807) is 0 Å². The lowest BCUT2D eigenvalue weighted by molar-refractivity contribution is -0.144. The van der Waals surface area contributed by atoms with Gasteiger partial charge in [-0.3, -0.25) is 9.78 Å². The first-order valence-corrected chi connectivity index (χ1v) is 6.22. The van der Waals surface area contributed by atoms with E-state index in [1.807, 2.05) is 25.1 Å². The Morgan fingerprint density at radius 2 is 2.28 bits per heavy atom. The van der Waals surface area contributed by atoms with Gasteiger partial charge >= 0.3 is 5.97 Å². The topological polar surface area (TPSA) is 39.2 Å². The number of carbonyl (C=O) groups excluding carboxylic acids is 1. The molecule has 0 saturated carbocycles. The highest BCUT2D eigenvalue weighted by atomic mass is 16.5. The van der Waals surface area contributed by atoms with Gasteiger partial charge in [-0.05, 0) is 25.5 Å². The minimum Gasteiger partial charge on any atom is -0.443 e. The Morgan fingerprint density at radius 1 is 1.50 bits per heavy atom. The summed E-state index contributed by atoms with van der Waals surface area (Å²) in [6.45, 7) is 5.41. The second kappa shape index (κ2) is 7.50. The summed E-state index contributed by atoms with van der Waals surface area (Å²) in [5, 5.41) is 0. The van der Waals surface area contributed by atoms with Crippen molar-refractivity contribution in [2.24, 2.45) is 0 Å². The highest BCUT2D eigenvalue weighted by molar-refractivity contribution is 5.66. The summed E-state index contributed by atoms with van der Waals surface area (Å²) in [6, 6.07) is 5.62. The molecule has 18 heavy (non-hydrogen) atoms. The molecule has 1 rings (SSSR count). The third-order valence-electron chi connectivity index (χ3n) is 2.35. The number of esters is 1. The highest BCUT2D eigenvalue weighted by Crippen LogP contribution is 2.15. The zero-order chi connectivity index (χ0) is 13.4. The van der Waals surface area contributed by atoms with Crippen LogP contribution in [0.1, 0.15) is 50.6 Å². The fourth-order valence-corrected chi connectivity index (χ4v) is 1.47. The lowest BCUT2D eigenvalue weighted by Gasteiger charge is -2.10. The first-order chi connectivity index (χ1) is 8.63. The number of pyridine rings is 1. The van der Waals surface area contributed by atoms with Crippen molar-refractivity contribution in [1.82, 2.24) is 4.98 Å². The molecule has 0 spiro atoms. The molecule has 0 aliphatic heterocycles. The van der Waals surface area contributed by atoms with Gasteiger partial charge in [0.15, 0.2) is 0 Å². The third kappa shape index (κ3) is 5.01. The van der Waals surface area contributed by atoms with Gasteiger partial charge < -0.3 is 4.74 Å². The van der Waals surface area contributed by atoms with Crippen LogP contribution in [0.25, 0.3) is 0 Å². The van der Waals surface area contributed by atoms with Crippen LogP contribution in [0.5, 0.6) is 0 Å². The van der Waals surface area contributed by atoms with Crippen LogP contribution >= 0.6 is 0 Å². The lowest BCUT2D eigenvalue weighted by atomic mass is 10.2. The Hall–Kier alpha value is -1.82. The Balaban J connectivity index is 2.83. The molecule has 1 aromatic rings. The van der Waals surface area contributed by atoms with Gasteiger partial charge in [-0.2, -0.15) is 0 Å². The maximum Gasteiger partial charge on any atom is 0.304 e. The van der Waals surface area contributed by atoms with Crippen LogP contribution in [-0.4, -0.2) is 11.0 Å². The minimum absolute atomic E-state index is 0.340. The number of unbranched alkanes of at least 4 members (excludes halogenated alkanes) is 2. The molecule has 0 aliphatic rings. The van der Waals surface area contributed by atoms with Crippen molar-refractivity contribution >= 4 is 5.97 Å². The lowest BCUT2D eigenvalue weighted by Crippen LogP contribution is -2.08. The van der Waals surface area contributed by atoms with Gasteiger partial charge in [0.05, 0.1) is 5.69 Å². The minimum atomic E-state index is -0.556. The number of nitrogens with zero attached hydrogens (tertiary/aromatic N) is 1. The van der Waals surface area contributed by atoms with E-state index in [9.17, 15) is 4.79 Å². The Morgan fingerprint density at radius 3 is 2.89 bits per heavy atom. The number of hydrogen-bond donors (Lipinski definition) is 0. The van der Waals surface area contributed by atoms with Crippen molar-refractivity contribution in [3.8, 4) is 11.8 Å². The standard InChI is InChI=1S/C15H19NO2/c1-4-5-6-7-11-15(18-13(3)17)14-10-8-9-12(2)16-14/h8-10,15H,4-6H2,1-3H3. The SMILES string of the molecule is CCCCC#CC(OC(C)=O)c1cccc(C)n1. The van der Waals surface area contributed by atoms with E-state index in [0.29, 0.717) is 5.69 Å². The molecule has 0 fully saturated rings. The number of aryl methyl sites for hydroxylation is 1. The molecular weight excluding hydrogens is 226 g/mol. The molecular formula is C15H19NO2. The molecule has 0 N–H and O–H groups in total. The molecule has 1 heterocycles. The Kier molecular flexibility index (Phi) is 5.93. The summed E-state index contributed by atoms with van der Waals surface area (Å²) >= 11 is 0. The summed E-state index contributed by atoms with van der Waals surface area (Å²) in [5.74, 6) is 5.68. The number of ether oxygens (including phenoxy) is 1. The molecule has 1 unspecified atom stereocenters. The molecule has 3 nitrogen and oxygen atoms in total. The van der Waals surface area contributed by atoms with Gasteiger partial charge in [0.1, 0.15) is 0 Å². The first-order valence-electron chi connectivity index (χ1n) is 6.22. The van der Waals surface area contributed by atoms with E-state index >= 15 is 0 Å². The fourth-order valence-electron chi connectivity index (χ4n) is 1.47. The first kappa shape index (κ1) is 14.2. The molecule has 1 aromatic heterocycles. The van der Waals surface area contributed by atoms with E-state index in [0.717, 1.165) is 25.0 Å². The summed E-state index contributed by atoms with van der Waals surface area (Å²) in [6.07, 6.45) is 2.43. The zero-order valence-electron chi connectivity index (χ0n) is 11.2. The largest absolute Gasteiger partial charge is 0.443 e. The fraction of sp³-hybridized carbons (Fsp3) is 0.467. The summed E-state index contributed by atoms with van der Waals surface area (Å²) in [4.78, 5) is 15.4. The van der Waals surface area contributed by atoms with Crippen molar-refractivity contribution in [2.75, 3.05) is 0 Å². The molecule has 0 saturated heterocycles.